The fourth-order valence-corrected chi connectivity index (χ4v) is 4.10. The lowest BCUT2D eigenvalue weighted by Crippen LogP contribution is -2.30. The number of hydrogen-bond acceptors (Lipinski definition) is 3. The van der Waals surface area contributed by atoms with Gasteiger partial charge in [0.1, 0.15) is 23.0 Å². The quantitative estimate of drug-likeness (QED) is 0.359. The topological polar surface area (TPSA) is 56.1 Å². The van der Waals surface area contributed by atoms with Gasteiger partial charge in [0.2, 0.25) is 0 Å². The zero-order valence-electron chi connectivity index (χ0n) is 19.3. The Morgan fingerprint density at radius 1 is 0.939 bits per heavy atom. The summed E-state index contributed by atoms with van der Waals surface area (Å²) < 4.78 is 7.43. The van der Waals surface area contributed by atoms with Crippen LogP contribution < -0.4 is 10.1 Å². The van der Waals surface area contributed by atoms with Crippen molar-refractivity contribution in [1.29, 1.82) is 0 Å². The van der Waals surface area contributed by atoms with Crippen LogP contribution in [0.3, 0.4) is 0 Å². The summed E-state index contributed by atoms with van der Waals surface area (Å²) in [4.78, 5) is 18.7. The molecule has 4 rings (SSSR count). The molecular formula is C28H29N3O2. The first-order valence-corrected chi connectivity index (χ1v) is 11.3. The molecule has 1 N–H and O–H groups in total. The zero-order chi connectivity index (χ0) is 23.2. The van der Waals surface area contributed by atoms with E-state index in [1.165, 1.54) is 0 Å². The molecule has 0 spiro atoms. The minimum Gasteiger partial charge on any atom is -0.497 e. The molecule has 0 saturated carbocycles. The van der Waals surface area contributed by atoms with Crippen LogP contribution in [0.5, 0.6) is 5.75 Å². The fraction of sp³-hybridized carbons (Fsp3) is 0.214. The molecule has 0 aliphatic heterocycles. The molecule has 0 bridgehead atoms. The number of carbonyl (C=O) groups is 1. The first-order valence-electron chi connectivity index (χ1n) is 11.3. The molecule has 1 amide bonds. The maximum absolute atomic E-state index is 13.8. The Bertz CT molecular complexity index is 1220. The fourth-order valence-electron chi connectivity index (χ4n) is 4.10. The van der Waals surface area contributed by atoms with Crippen LogP contribution in [0.15, 0.2) is 84.9 Å². The van der Waals surface area contributed by atoms with Gasteiger partial charge in [-0.1, -0.05) is 79.7 Å². The molecule has 1 heterocycles. The minimum absolute atomic E-state index is 0.0859. The Morgan fingerprint density at radius 3 is 2.24 bits per heavy atom. The van der Waals surface area contributed by atoms with E-state index >= 15 is 0 Å². The lowest BCUT2D eigenvalue weighted by atomic mass is 10.0. The van der Waals surface area contributed by atoms with Gasteiger partial charge in [-0.05, 0) is 31.0 Å². The van der Waals surface area contributed by atoms with Crippen LogP contribution in [0.1, 0.15) is 42.4 Å². The molecule has 1 aromatic heterocycles. The van der Waals surface area contributed by atoms with Crippen molar-refractivity contribution in [2.24, 2.45) is 0 Å². The molecule has 4 aromatic rings. The molecule has 0 saturated heterocycles. The van der Waals surface area contributed by atoms with Crippen LogP contribution >= 0.6 is 0 Å². The molecule has 168 valence electrons. The van der Waals surface area contributed by atoms with Crippen molar-refractivity contribution in [2.45, 2.75) is 32.9 Å². The Balaban J connectivity index is 1.84. The van der Waals surface area contributed by atoms with E-state index < -0.39 is 0 Å². The number of imidazole rings is 1. The van der Waals surface area contributed by atoms with Crippen LogP contribution in [-0.2, 0) is 6.54 Å². The van der Waals surface area contributed by atoms with Crippen LogP contribution in [-0.4, -0.2) is 22.6 Å². The molecular weight excluding hydrogens is 410 g/mol. The predicted octanol–water partition coefficient (Wildman–Crippen LogP) is 6.13. The van der Waals surface area contributed by atoms with E-state index in [0.29, 0.717) is 17.9 Å². The van der Waals surface area contributed by atoms with Crippen molar-refractivity contribution in [1.82, 2.24) is 14.9 Å². The highest BCUT2D eigenvalue weighted by Crippen LogP contribution is 2.32. The highest BCUT2D eigenvalue weighted by atomic mass is 16.5. The van der Waals surface area contributed by atoms with Gasteiger partial charge in [0.15, 0.2) is 0 Å². The second-order valence-electron chi connectivity index (χ2n) is 7.82. The summed E-state index contributed by atoms with van der Waals surface area (Å²) in [5, 5.41) is 3.25. The highest BCUT2D eigenvalue weighted by molar-refractivity contribution is 6.00. The van der Waals surface area contributed by atoms with Gasteiger partial charge >= 0.3 is 0 Å². The normalized spacial score (nSPS) is 11.7. The van der Waals surface area contributed by atoms with Gasteiger partial charge < -0.3 is 14.6 Å². The smallest absolute Gasteiger partial charge is 0.270 e. The molecule has 0 fully saturated rings. The molecule has 1 atom stereocenters. The SMILES string of the molecule is CC[C@H](NC(=O)c1c(-c2cccc(OC)c2)nc(-c2ccccc2)n1CC)c1ccccc1. The van der Waals surface area contributed by atoms with E-state index in [1.807, 2.05) is 96.4 Å². The van der Waals surface area contributed by atoms with E-state index in [9.17, 15) is 4.79 Å². The number of ether oxygens (including phenoxy) is 1. The van der Waals surface area contributed by atoms with E-state index in [2.05, 4.69) is 12.2 Å². The van der Waals surface area contributed by atoms with Crippen molar-refractivity contribution < 1.29 is 9.53 Å². The number of carbonyl (C=O) groups excluding carboxylic acids is 1. The van der Waals surface area contributed by atoms with E-state index in [-0.39, 0.29) is 11.9 Å². The van der Waals surface area contributed by atoms with Crippen molar-refractivity contribution in [2.75, 3.05) is 7.11 Å². The molecule has 5 heteroatoms. The molecule has 0 unspecified atom stereocenters. The standard InChI is InChI=1S/C28H29N3O2/c1-4-24(20-13-8-6-9-14-20)29-28(32)26-25(22-17-12-18-23(19-22)33-3)30-27(31(26)5-2)21-15-10-7-11-16-21/h6-19,24H,4-5H2,1-3H3,(H,29,32)/t24-/m0/s1. The maximum Gasteiger partial charge on any atom is 0.270 e. The third kappa shape index (κ3) is 4.67. The molecule has 33 heavy (non-hydrogen) atoms. The van der Waals surface area contributed by atoms with Gasteiger partial charge in [0.25, 0.3) is 5.91 Å². The Labute approximate surface area is 195 Å². The number of nitrogens with zero attached hydrogens (tertiary/aromatic N) is 2. The first-order chi connectivity index (χ1) is 16.2. The number of methoxy groups -OCH3 is 1. The summed E-state index contributed by atoms with van der Waals surface area (Å²) in [6.45, 7) is 4.73. The lowest BCUT2D eigenvalue weighted by Gasteiger charge is -2.19. The van der Waals surface area contributed by atoms with Gasteiger partial charge in [-0.3, -0.25) is 4.79 Å². The zero-order valence-corrected chi connectivity index (χ0v) is 19.3. The van der Waals surface area contributed by atoms with E-state index in [0.717, 1.165) is 34.7 Å². The number of amides is 1. The van der Waals surface area contributed by atoms with Gasteiger partial charge in [0, 0.05) is 17.7 Å². The van der Waals surface area contributed by atoms with Gasteiger partial charge in [-0.25, -0.2) is 4.98 Å². The number of rotatable bonds is 8. The third-order valence-electron chi connectivity index (χ3n) is 5.79. The molecule has 0 radical (unpaired) electrons. The number of aromatic nitrogens is 2. The van der Waals surface area contributed by atoms with Crippen LogP contribution in [0, 0.1) is 0 Å². The van der Waals surface area contributed by atoms with E-state index in [4.69, 9.17) is 9.72 Å². The monoisotopic (exact) mass is 439 g/mol. The summed E-state index contributed by atoms with van der Waals surface area (Å²) in [6, 6.07) is 27.7. The second kappa shape index (κ2) is 10.2. The second-order valence-corrected chi connectivity index (χ2v) is 7.82. The number of nitrogens with one attached hydrogen (secondary N) is 1. The van der Waals surface area contributed by atoms with Gasteiger partial charge in [-0.2, -0.15) is 0 Å². The van der Waals surface area contributed by atoms with E-state index in [1.54, 1.807) is 7.11 Å². The first kappa shape index (κ1) is 22.3. The van der Waals surface area contributed by atoms with Crippen LogP contribution in [0.2, 0.25) is 0 Å². The molecule has 5 nitrogen and oxygen atoms in total. The Hall–Kier alpha value is -3.86. The van der Waals surface area contributed by atoms with Crippen LogP contribution in [0.4, 0.5) is 0 Å². The van der Waals surface area contributed by atoms with Crippen molar-refractivity contribution in [3.8, 4) is 28.4 Å². The molecule has 0 aliphatic carbocycles. The van der Waals surface area contributed by atoms with Crippen molar-refractivity contribution in [3.05, 3.63) is 96.2 Å². The largest absolute Gasteiger partial charge is 0.497 e. The van der Waals surface area contributed by atoms with Gasteiger partial charge in [-0.15, -0.1) is 0 Å². The minimum atomic E-state index is -0.139. The highest BCUT2D eigenvalue weighted by Gasteiger charge is 2.26. The Kier molecular flexibility index (Phi) is 6.89. The van der Waals surface area contributed by atoms with Crippen LogP contribution in [0.25, 0.3) is 22.6 Å². The molecule has 3 aromatic carbocycles. The number of hydrogen-bond donors (Lipinski definition) is 1. The summed E-state index contributed by atoms with van der Waals surface area (Å²) in [6.07, 6.45) is 0.788. The van der Waals surface area contributed by atoms with Gasteiger partial charge in [0.05, 0.1) is 13.2 Å². The van der Waals surface area contributed by atoms with Crippen molar-refractivity contribution in [3.63, 3.8) is 0 Å². The third-order valence-corrected chi connectivity index (χ3v) is 5.79. The summed E-state index contributed by atoms with van der Waals surface area (Å²) >= 11 is 0. The summed E-state index contributed by atoms with van der Waals surface area (Å²) in [7, 11) is 1.64. The number of benzene rings is 3. The average molecular weight is 440 g/mol. The predicted molar refractivity (Wildman–Crippen MR) is 132 cm³/mol. The summed E-state index contributed by atoms with van der Waals surface area (Å²) in [5.74, 6) is 1.36. The summed E-state index contributed by atoms with van der Waals surface area (Å²) in [5.41, 5.74) is 4.10. The molecule has 0 aliphatic rings. The lowest BCUT2D eigenvalue weighted by molar-refractivity contribution is 0.0927. The average Bonchev–Trinajstić information content (AvgIpc) is 3.28. The Morgan fingerprint density at radius 2 is 1.61 bits per heavy atom. The van der Waals surface area contributed by atoms with Crippen molar-refractivity contribution >= 4 is 5.91 Å². The maximum atomic E-state index is 13.8.